The first-order valence-corrected chi connectivity index (χ1v) is 27.3. The molecule has 1 amide bonds. The van der Waals surface area contributed by atoms with Crippen molar-refractivity contribution in [3.8, 4) is 0 Å². The topological polar surface area (TPSA) is 105 Å². The van der Waals surface area contributed by atoms with E-state index < -0.39 is 20.0 Å². The molecular formula is C54H100N2O6P+. The lowest BCUT2D eigenvalue weighted by atomic mass is 10.0. The van der Waals surface area contributed by atoms with Gasteiger partial charge in [0.15, 0.2) is 0 Å². The molecule has 0 fully saturated rings. The number of phosphoric acid groups is 1. The van der Waals surface area contributed by atoms with Crippen molar-refractivity contribution in [1.82, 2.24) is 5.32 Å². The van der Waals surface area contributed by atoms with E-state index in [2.05, 4.69) is 79.9 Å². The van der Waals surface area contributed by atoms with Crippen LogP contribution in [0, 0.1) is 0 Å². The van der Waals surface area contributed by atoms with Crippen LogP contribution >= 0.6 is 7.82 Å². The minimum absolute atomic E-state index is 0.0559. The van der Waals surface area contributed by atoms with E-state index in [0.717, 1.165) is 83.5 Å². The van der Waals surface area contributed by atoms with Gasteiger partial charge < -0.3 is 19.8 Å². The van der Waals surface area contributed by atoms with Crippen LogP contribution in [0.1, 0.15) is 213 Å². The van der Waals surface area contributed by atoms with Crippen LogP contribution in [0.3, 0.4) is 0 Å². The Morgan fingerprint density at radius 1 is 0.556 bits per heavy atom. The number of quaternary nitrogens is 1. The van der Waals surface area contributed by atoms with Crippen LogP contribution < -0.4 is 5.32 Å². The minimum Gasteiger partial charge on any atom is -0.387 e. The number of likely N-dealkylation sites (N-methyl/N-ethyl adjacent to an activating group) is 1. The Morgan fingerprint density at radius 2 is 0.952 bits per heavy atom. The molecule has 0 spiro atoms. The summed E-state index contributed by atoms with van der Waals surface area (Å²) in [6.45, 7) is 4.69. The van der Waals surface area contributed by atoms with Crippen LogP contribution in [0.15, 0.2) is 72.9 Å². The molecule has 3 unspecified atom stereocenters. The Hall–Kier alpha value is -2.06. The lowest BCUT2D eigenvalue weighted by Gasteiger charge is -2.25. The highest BCUT2D eigenvalue weighted by Crippen LogP contribution is 2.43. The summed E-state index contributed by atoms with van der Waals surface area (Å²) in [5.41, 5.74) is 0. The molecule has 0 aliphatic rings. The molecule has 0 rings (SSSR count). The molecule has 3 N–H and O–H groups in total. The third kappa shape index (κ3) is 47.7. The van der Waals surface area contributed by atoms with Crippen LogP contribution in [0.2, 0.25) is 0 Å². The number of carbonyl (C=O) groups is 1. The maximum Gasteiger partial charge on any atom is 0.472 e. The summed E-state index contributed by atoms with van der Waals surface area (Å²) in [5, 5.41) is 13.9. The highest BCUT2D eigenvalue weighted by Gasteiger charge is 2.27. The first-order valence-electron chi connectivity index (χ1n) is 25.8. The number of carbonyl (C=O) groups excluding carboxylic acids is 1. The Bertz CT molecular complexity index is 1250. The second kappa shape index (κ2) is 45.1. The lowest BCUT2D eigenvalue weighted by molar-refractivity contribution is -0.870. The summed E-state index contributed by atoms with van der Waals surface area (Å²) in [7, 11) is 1.56. The van der Waals surface area contributed by atoms with E-state index in [0.29, 0.717) is 17.4 Å². The van der Waals surface area contributed by atoms with Gasteiger partial charge in [0.1, 0.15) is 13.2 Å². The first kappa shape index (κ1) is 60.9. The van der Waals surface area contributed by atoms with Crippen molar-refractivity contribution in [2.75, 3.05) is 40.9 Å². The van der Waals surface area contributed by atoms with Gasteiger partial charge in [-0.25, -0.2) is 4.57 Å². The number of unbranched alkanes of at least 4 members (excludes halogenated alkanes) is 23. The minimum atomic E-state index is -4.35. The molecule has 0 bridgehead atoms. The molecule has 0 saturated heterocycles. The van der Waals surface area contributed by atoms with Crippen molar-refractivity contribution in [3.05, 3.63) is 72.9 Å². The van der Waals surface area contributed by atoms with Gasteiger partial charge >= 0.3 is 7.82 Å². The number of nitrogens with one attached hydrogen (secondary N) is 1. The fourth-order valence-electron chi connectivity index (χ4n) is 7.13. The smallest absolute Gasteiger partial charge is 0.387 e. The van der Waals surface area contributed by atoms with Crippen molar-refractivity contribution in [2.24, 2.45) is 0 Å². The number of aliphatic hydroxyl groups is 1. The molecule has 366 valence electrons. The Labute approximate surface area is 389 Å². The molecule has 3 atom stereocenters. The molecular weight excluding hydrogens is 804 g/mol. The van der Waals surface area contributed by atoms with Gasteiger partial charge in [0, 0.05) is 6.42 Å². The van der Waals surface area contributed by atoms with Crippen LogP contribution in [0.5, 0.6) is 0 Å². The average molecular weight is 904 g/mol. The molecule has 0 saturated carbocycles. The third-order valence-corrected chi connectivity index (χ3v) is 12.2. The predicted octanol–water partition coefficient (Wildman–Crippen LogP) is 15.1. The SMILES string of the molecule is CC/C=C\C/C=C\C/C=C\C/C=C\C/C=C\CCCCCCCCCC(=O)NC(COP(=O)(O)OCC[N+](C)(C)C)C(O)/C=C/CCCCCCCCCCCCCCCCCC. The quantitative estimate of drug-likeness (QED) is 0.0243. The van der Waals surface area contributed by atoms with E-state index in [1.807, 2.05) is 27.2 Å². The summed E-state index contributed by atoms with van der Waals surface area (Å²) < 4.78 is 23.6. The van der Waals surface area contributed by atoms with E-state index in [1.165, 1.54) is 109 Å². The van der Waals surface area contributed by atoms with Gasteiger partial charge in [-0.15, -0.1) is 0 Å². The molecule has 9 heteroatoms. The first-order chi connectivity index (χ1) is 30.5. The third-order valence-electron chi connectivity index (χ3n) is 11.2. The fourth-order valence-corrected chi connectivity index (χ4v) is 7.86. The van der Waals surface area contributed by atoms with E-state index >= 15 is 0 Å². The molecule has 8 nitrogen and oxygen atoms in total. The maximum atomic E-state index is 12.9. The van der Waals surface area contributed by atoms with Crippen molar-refractivity contribution < 1.29 is 32.9 Å². The Morgan fingerprint density at radius 3 is 1.40 bits per heavy atom. The number of nitrogens with zero attached hydrogens (tertiary/aromatic N) is 1. The van der Waals surface area contributed by atoms with Gasteiger partial charge in [0.05, 0.1) is 39.9 Å². The van der Waals surface area contributed by atoms with Crippen LogP contribution in [-0.2, 0) is 18.4 Å². The molecule has 0 aromatic carbocycles. The van der Waals surface area contributed by atoms with Gasteiger partial charge in [-0.05, 0) is 64.2 Å². The Kier molecular flexibility index (Phi) is 43.6. The van der Waals surface area contributed by atoms with Gasteiger partial charge in [-0.2, -0.15) is 0 Å². The van der Waals surface area contributed by atoms with E-state index in [-0.39, 0.29) is 19.1 Å². The van der Waals surface area contributed by atoms with Crippen molar-refractivity contribution in [1.29, 1.82) is 0 Å². The standard InChI is InChI=1S/C54H99N2O6P/c1-6-8-10-12-14-16-18-20-22-24-26-27-28-29-30-32-34-36-38-40-42-44-46-48-54(58)55-52(51-62-63(59,60)61-50-49-56(3,4)5)53(57)47-45-43-41-39-37-35-33-31-25-23-21-19-17-15-13-11-9-7-2/h8,10,14,16,20,22,26-27,29-30,45,47,52-53,57H,6-7,9,11-13,15,17-19,21,23-25,28,31-44,46,48-51H2,1-5H3,(H-,55,58,59,60)/p+1/b10-8-,16-14-,22-20-,27-26-,30-29-,47-45+. The lowest BCUT2D eigenvalue weighted by Crippen LogP contribution is -2.45. The molecule has 63 heavy (non-hydrogen) atoms. The second-order valence-corrected chi connectivity index (χ2v) is 20.0. The normalized spacial score (nSPS) is 14.7. The monoisotopic (exact) mass is 904 g/mol. The molecule has 0 heterocycles. The number of aliphatic hydroxyl groups excluding tert-OH is 1. The number of amides is 1. The predicted molar refractivity (Wildman–Crippen MR) is 272 cm³/mol. The zero-order valence-corrected chi connectivity index (χ0v) is 42.4. The number of phosphoric ester groups is 1. The molecule has 0 aromatic heterocycles. The largest absolute Gasteiger partial charge is 0.472 e. The van der Waals surface area contributed by atoms with Crippen molar-refractivity contribution >= 4 is 13.7 Å². The van der Waals surface area contributed by atoms with Crippen LogP contribution in [-0.4, -0.2) is 73.4 Å². The average Bonchev–Trinajstić information content (AvgIpc) is 3.24. The molecule has 0 aromatic rings. The van der Waals surface area contributed by atoms with Gasteiger partial charge in [-0.1, -0.05) is 215 Å². The summed E-state index contributed by atoms with van der Waals surface area (Å²) in [4.78, 5) is 23.2. The van der Waals surface area contributed by atoms with E-state index in [1.54, 1.807) is 6.08 Å². The summed E-state index contributed by atoms with van der Waals surface area (Å²) in [6.07, 6.45) is 61.2. The molecule has 0 aliphatic carbocycles. The van der Waals surface area contributed by atoms with Crippen LogP contribution in [0.25, 0.3) is 0 Å². The number of hydrogen-bond acceptors (Lipinski definition) is 5. The van der Waals surface area contributed by atoms with E-state index in [4.69, 9.17) is 9.05 Å². The second-order valence-electron chi connectivity index (χ2n) is 18.5. The highest BCUT2D eigenvalue weighted by molar-refractivity contribution is 7.47. The number of rotatable bonds is 46. The zero-order chi connectivity index (χ0) is 46.4. The van der Waals surface area contributed by atoms with Crippen molar-refractivity contribution in [2.45, 2.75) is 225 Å². The van der Waals surface area contributed by atoms with Gasteiger partial charge in [0.25, 0.3) is 0 Å². The fraction of sp³-hybridized carbons (Fsp3) is 0.759. The van der Waals surface area contributed by atoms with Gasteiger partial charge in [0.2, 0.25) is 5.91 Å². The molecule has 0 radical (unpaired) electrons. The summed E-state index contributed by atoms with van der Waals surface area (Å²) in [6, 6.07) is -0.856. The van der Waals surface area contributed by atoms with Crippen LogP contribution in [0.4, 0.5) is 0 Å². The highest BCUT2D eigenvalue weighted by atomic mass is 31.2. The summed E-state index contributed by atoms with van der Waals surface area (Å²) >= 11 is 0. The molecule has 0 aliphatic heterocycles. The summed E-state index contributed by atoms with van der Waals surface area (Å²) in [5.74, 6) is -0.190. The van der Waals surface area contributed by atoms with Gasteiger partial charge in [-0.3, -0.25) is 13.8 Å². The van der Waals surface area contributed by atoms with E-state index in [9.17, 15) is 19.4 Å². The Balaban J connectivity index is 4.35. The zero-order valence-electron chi connectivity index (χ0n) is 41.5. The number of hydrogen-bond donors (Lipinski definition) is 3. The number of allylic oxidation sites excluding steroid dienone is 11. The van der Waals surface area contributed by atoms with Crippen molar-refractivity contribution in [3.63, 3.8) is 0 Å². The maximum absolute atomic E-state index is 12.9.